The highest BCUT2D eigenvalue weighted by atomic mass is 16.6. The molecule has 3 aromatic rings. The quantitative estimate of drug-likeness (QED) is 0.439. The van der Waals surface area contributed by atoms with Crippen molar-refractivity contribution in [2.75, 3.05) is 33.3 Å². The van der Waals surface area contributed by atoms with Gasteiger partial charge >= 0.3 is 0 Å². The monoisotopic (exact) mass is 423 g/mol. The van der Waals surface area contributed by atoms with Crippen molar-refractivity contribution in [3.8, 4) is 17.1 Å². The summed E-state index contributed by atoms with van der Waals surface area (Å²) in [6, 6.07) is 13.2. The fourth-order valence-corrected chi connectivity index (χ4v) is 3.41. The third-order valence-electron chi connectivity index (χ3n) is 5.14. The lowest BCUT2D eigenvalue weighted by molar-refractivity contribution is -0.384. The molecule has 1 fully saturated rings. The molecule has 1 amide bonds. The number of nitrogens with zero attached hydrogens (tertiary/aromatic N) is 5. The maximum Gasteiger partial charge on any atom is 0.270 e. The third kappa shape index (κ3) is 4.69. The number of carbonyl (C=O) groups excluding carboxylic acids is 1. The van der Waals surface area contributed by atoms with Crippen molar-refractivity contribution in [3.63, 3.8) is 0 Å². The zero-order chi connectivity index (χ0) is 21.8. The van der Waals surface area contributed by atoms with Crippen LogP contribution in [0.5, 0.6) is 5.75 Å². The lowest BCUT2D eigenvalue weighted by Crippen LogP contribution is -2.48. The third-order valence-corrected chi connectivity index (χ3v) is 5.14. The van der Waals surface area contributed by atoms with Crippen LogP contribution in [-0.4, -0.2) is 64.1 Å². The van der Waals surface area contributed by atoms with Crippen LogP contribution in [0.25, 0.3) is 11.4 Å². The minimum absolute atomic E-state index is 0.0893. The van der Waals surface area contributed by atoms with E-state index in [0.29, 0.717) is 50.0 Å². The number of carbonyl (C=O) groups is 1. The highest BCUT2D eigenvalue weighted by Gasteiger charge is 2.24. The SMILES string of the molecule is COc1ccc(-c2noc(CN3CCN(C(=O)c4cccc([N+](=O)[O-])c4)CC3)n2)cc1. The smallest absolute Gasteiger partial charge is 0.270 e. The molecule has 1 saturated heterocycles. The Bertz CT molecular complexity index is 1070. The summed E-state index contributed by atoms with van der Waals surface area (Å²) in [5, 5.41) is 15.0. The van der Waals surface area contributed by atoms with Gasteiger partial charge in [0.2, 0.25) is 11.7 Å². The first-order valence-corrected chi connectivity index (χ1v) is 9.76. The van der Waals surface area contributed by atoms with Gasteiger partial charge in [-0.25, -0.2) is 0 Å². The van der Waals surface area contributed by atoms with Gasteiger partial charge < -0.3 is 14.2 Å². The second-order valence-electron chi connectivity index (χ2n) is 7.12. The van der Waals surface area contributed by atoms with Crippen molar-refractivity contribution in [2.24, 2.45) is 0 Å². The van der Waals surface area contributed by atoms with Crippen LogP contribution in [0.3, 0.4) is 0 Å². The van der Waals surface area contributed by atoms with Crippen molar-refractivity contribution in [2.45, 2.75) is 6.54 Å². The molecule has 0 spiro atoms. The molecular weight excluding hydrogens is 402 g/mol. The number of nitro benzene ring substituents is 1. The molecule has 0 N–H and O–H groups in total. The molecule has 0 bridgehead atoms. The fourth-order valence-electron chi connectivity index (χ4n) is 3.41. The molecule has 0 aliphatic carbocycles. The summed E-state index contributed by atoms with van der Waals surface area (Å²) in [6.45, 7) is 2.80. The number of methoxy groups -OCH3 is 1. The van der Waals surface area contributed by atoms with E-state index in [1.807, 2.05) is 24.3 Å². The number of ether oxygens (including phenoxy) is 1. The second kappa shape index (κ2) is 8.92. The molecule has 10 heteroatoms. The van der Waals surface area contributed by atoms with Gasteiger partial charge in [-0.2, -0.15) is 4.98 Å². The summed E-state index contributed by atoms with van der Waals surface area (Å²) in [7, 11) is 1.61. The average Bonchev–Trinajstić information content (AvgIpc) is 3.27. The van der Waals surface area contributed by atoms with Gasteiger partial charge in [0, 0.05) is 49.4 Å². The van der Waals surface area contributed by atoms with Gasteiger partial charge in [-0.05, 0) is 30.3 Å². The molecule has 4 rings (SSSR count). The molecule has 160 valence electrons. The van der Waals surface area contributed by atoms with Crippen molar-refractivity contribution in [1.82, 2.24) is 19.9 Å². The standard InChI is InChI=1S/C21H21N5O5/c1-30-18-7-5-15(6-8-18)20-22-19(31-23-20)14-24-9-11-25(12-10-24)21(27)16-3-2-4-17(13-16)26(28)29/h2-8,13H,9-12,14H2,1H3. The molecule has 31 heavy (non-hydrogen) atoms. The van der Waals surface area contributed by atoms with Gasteiger partial charge in [0.05, 0.1) is 18.6 Å². The molecule has 2 heterocycles. The van der Waals surface area contributed by atoms with Crippen LogP contribution in [0.15, 0.2) is 53.1 Å². The molecule has 0 unspecified atom stereocenters. The molecule has 0 atom stereocenters. The second-order valence-corrected chi connectivity index (χ2v) is 7.12. The zero-order valence-corrected chi connectivity index (χ0v) is 16.9. The lowest BCUT2D eigenvalue weighted by Gasteiger charge is -2.33. The first-order chi connectivity index (χ1) is 15.0. The zero-order valence-electron chi connectivity index (χ0n) is 16.9. The van der Waals surface area contributed by atoms with Gasteiger partial charge in [-0.1, -0.05) is 11.2 Å². The minimum atomic E-state index is -0.501. The van der Waals surface area contributed by atoms with Crippen LogP contribution >= 0.6 is 0 Å². The lowest BCUT2D eigenvalue weighted by atomic mass is 10.1. The Labute approximate surface area is 178 Å². The summed E-state index contributed by atoms with van der Waals surface area (Å²) in [4.78, 5) is 31.4. The topological polar surface area (TPSA) is 115 Å². The van der Waals surface area contributed by atoms with Crippen LogP contribution in [0.1, 0.15) is 16.2 Å². The average molecular weight is 423 g/mol. The van der Waals surface area contributed by atoms with Crippen molar-refractivity contribution < 1.29 is 19.0 Å². The van der Waals surface area contributed by atoms with Gasteiger partial charge in [-0.3, -0.25) is 19.8 Å². The van der Waals surface area contributed by atoms with E-state index < -0.39 is 4.92 Å². The molecule has 0 saturated carbocycles. The first kappa shape index (κ1) is 20.5. The summed E-state index contributed by atoms with van der Waals surface area (Å²) >= 11 is 0. The fraction of sp³-hybridized carbons (Fsp3) is 0.286. The minimum Gasteiger partial charge on any atom is -0.497 e. The van der Waals surface area contributed by atoms with E-state index in [4.69, 9.17) is 9.26 Å². The van der Waals surface area contributed by atoms with Crippen LogP contribution < -0.4 is 4.74 Å². The van der Waals surface area contributed by atoms with Crippen LogP contribution in [0, 0.1) is 10.1 Å². The molecule has 1 aliphatic rings. The highest BCUT2D eigenvalue weighted by Crippen LogP contribution is 2.21. The maximum absolute atomic E-state index is 12.7. The number of hydrogen-bond donors (Lipinski definition) is 0. The number of hydrogen-bond acceptors (Lipinski definition) is 8. The van der Waals surface area contributed by atoms with E-state index in [9.17, 15) is 14.9 Å². The number of non-ortho nitro benzene ring substituents is 1. The van der Waals surface area contributed by atoms with Gasteiger partial charge in [0.1, 0.15) is 5.75 Å². The summed E-state index contributed by atoms with van der Waals surface area (Å²) in [5.74, 6) is 1.56. The van der Waals surface area contributed by atoms with Gasteiger partial charge in [0.15, 0.2) is 0 Å². The number of rotatable bonds is 6. The van der Waals surface area contributed by atoms with E-state index in [1.54, 1.807) is 18.1 Å². The Morgan fingerprint density at radius 1 is 1.16 bits per heavy atom. The van der Waals surface area contributed by atoms with Crippen molar-refractivity contribution in [3.05, 3.63) is 70.1 Å². The van der Waals surface area contributed by atoms with E-state index >= 15 is 0 Å². The Morgan fingerprint density at radius 2 is 1.90 bits per heavy atom. The summed E-state index contributed by atoms with van der Waals surface area (Å²) in [6.07, 6.45) is 0. The van der Waals surface area contributed by atoms with Gasteiger partial charge in [0.25, 0.3) is 11.6 Å². The predicted molar refractivity (Wildman–Crippen MR) is 111 cm³/mol. The van der Waals surface area contributed by atoms with Crippen LogP contribution in [0.4, 0.5) is 5.69 Å². The molecule has 0 radical (unpaired) electrons. The first-order valence-electron chi connectivity index (χ1n) is 9.76. The van der Waals surface area contributed by atoms with Crippen LogP contribution in [0.2, 0.25) is 0 Å². The molecule has 1 aliphatic heterocycles. The predicted octanol–water partition coefficient (Wildman–Crippen LogP) is 2.61. The number of aromatic nitrogens is 2. The van der Waals surface area contributed by atoms with Crippen molar-refractivity contribution >= 4 is 11.6 Å². The Kier molecular flexibility index (Phi) is 5.89. The van der Waals surface area contributed by atoms with Crippen molar-refractivity contribution in [1.29, 1.82) is 0 Å². The molecule has 2 aromatic carbocycles. The van der Waals surface area contributed by atoms with E-state index in [-0.39, 0.29) is 11.6 Å². The molecule has 10 nitrogen and oxygen atoms in total. The Hall–Kier alpha value is -3.79. The Morgan fingerprint density at radius 3 is 2.58 bits per heavy atom. The molecule has 1 aromatic heterocycles. The van der Waals surface area contributed by atoms with E-state index in [1.165, 1.54) is 18.2 Å². The number of amides is 1. The highest BCUT2D eigenvalue weighted by molar-refractivity contribution is 5.94. The normalized spacial score (nSPS) is 14.4. The number of benzene rings is 2. The van der Waals surface area contributed by atoms with Gasteiger partial charge in [-0.15, -0.1) is 0 Å². The number of piperazine rings is 1. The van der Waals surface area contributed by atoms with E-state index in [0.717, 1.165) is 11.3 Å². The summed E-state index contributed by atoms with van der Waals surface area (Å²) < 4.78 is 10.5. The van der Waals surface area contributed by atoms with E-state index in [2.05, 4.69) is 15.0 Å². The maximum atomic E-state index is 12.7. The molecular formula is C21H21N5O5. The van der Waals surface area contributed by atoms with Crippen LogP contribution in [-0.2, 0) is 6.54 Å². The largest absolute Gasteiger partial charge is 0.497 e. The Balaban J connectivity index is 1.33. The summed E-state index contributed by atoms with van der Waals surface area (Å²) in [5.41, 5.74) is 1.07. The number of nitro groups is 1.